The number of fused-ring (bicyclic) bond motifs is 1. The fourth-order valence-corrected chi connectivity index (χ4v) is 5.93. The molecule has 3 aromatic carbocycles. The Labute approximate surface area is 208 Å². The molecule has 0 bridgehead atoms. The molecule has 0 aromatic heterocycles. The molecule has 1 saturated heterocycles. The molecule has 2 heterocycles. The lowest BCUT2D eigenvalue weighted by Crippen LogP contribution is -2.48. The number of aliphatic hydroxyl groups is 1. The molecule has 1 unspecified atom stereocenters. The van der Waals surface area contributed by atoms with Crippen LogP contribution in [-0.4, -0.2) is 44.0 Å². The van der Waals surface area contributed by atoms with E-state index < -0.39 is 11.2 Å². The van der Waals surface area contributed by atoms with E-state index in [1.54, 1.807) is 7.11 Å². The molecular weight excluding hydrogens is 436 g/mol. The van der Waals surface area contributed by atoms with Gasteiger partial charge in [-0.15, -0.1) is 0 Å². The van der Waals surface area contributed by atoms with Crippen molar-refractivity contribution in [2.45, 2.75) is 45.8 Å². The number of ether oxygens (including phenoxy) is 2. The van der Waals surface area contributed by atoms with Crippen LogP contribution in [0, 0.1) is 20.8 Å². The average Bonchev–Trinajstić information content (AvgIpc) is 3.10. The molecule has 1 fully saturated rings. The largest absolute Gasteiger partial charge is 0.497 e. The molecule has 0 saturated carbocycles. The maximum atomic E-state index is 12.3. The second-order valence-corrected chi connectivity index (χ2v) is 10.3. The normalized spacial score (nSPS) is 21.0. The molecule has 5 nitrogen and oxygen atoms in total. The topological polar surface area (TPSA) is 45.2 Å². The van der Waals surface area contributed by atoms with Crippen molar-refractivity contribution in [2.75, 3.05) is 43.1 Å². The molecule has 5 heteroatoms. The predicted octanol–water partition coefficient (Wildman–Crippen LogP) is 5.35. The molecule has 0 aliphatic carbocycles. The Morgan fingerprint density at radius 1 is 0.800 bits per heavy atom. The number of piperazine rings is 1. The SMILES string of the molecule is COc1ccc(N2CCN(c3c(C)c(C)c4c(c3C)C(O)(c3ccccc3)C(C)(C)O4)CC2)cc1. The molecule has 1 N–H and O–H groups in total. The summed E-state index contributed by atoms with van der Waals surface area (Å²) in [6.45, 7) is 14.1. The van der Waals surface area contributed by atoms with Gasteiger partial charge in [-0.05, 0) is 81.1 Å². The third-order valence-corrected chi connectivity index (χ3v) is 8.03. The monoisotopic (exact) mass is 472 g/mol. The number of hydrogen-bond acceptors (Lipinski definition) is 5. The van der Waals surface area contributed by atoms with Crippen LogP contribution in [0.25, 0.3) is 0 Å². The van der Waals surface area contributed by atoms with Gasteiger partial charge in [0.25, 0.3) is 0 Å². The average molecular weight is 473 g/mol. The van der Waals surface area contributed by atoms with Crippen LogP contribution in [0.3, 0.4) is 0 Å². The van der Waals surface area contributed by atoms with Crippen molar-refractivity contribution in [3.63, 3.8) is 0 Å². The summed E-state index contributed by atoms with van der Waals surface area (Å²) >= 11 is 0. The van der Waals surface area contributed by atoms with Crippen LogP contribution in [0.15, 0.2) is 54.6 Å². The van der Waals surface area contributed by atoms with E-state index in [9.17, 15) is 5.11 Å². The van der Waals surface area contributed by atoms with Crippen LogP contribution in [0.4, 0.5) is 11.4 Å². The highest BCUT2D eigenvalue weighted by atomic mass is 16.5. The minimum atomic E-state index is -1.23. The molecule has 0 spiro atoms. The highest BCUT2D eigenvalue weighted by Gasteiger charge is 2.57. The summed E-state index contributed by atoms with van der Waals surface area (Å²) in [5, 5.41) is 12.3. The first-order chi connectivity index (χ1) is 16.7. The summed E-state index contributed by atoms with van der Waals surface area (Å²) in [5.74, 6) is 1.71. The molecule has 35 heavy (non-hydrogen) atoms. The Hall–Kier alpha value is -3.18. The van der Waals surface area contributed by atoms with Crippen molar-refractivity contribution in [2.24, 2.45) is 0 Å². The minimum absolute atomic E-state index is 0.787. The molecular formula is C30H36N2O3. The summed E-state index contributed by atoms with van der Waals surface area (Å²) in [5.41, 5.74) is 5.65. The van der Waals surface area contributed by atoms with Crippen LogP contribution in [0.5, 0.6) is 11.5 Å². The molecule has 184 valence electrons. The molecule has 0 radical (unpaired) electrons. The Balaban J connectivity index is 1.52. The second-order valence-electron chi connectivity index (χ2n) is 10.3. The first-order valence-corrected chi connectivity index (χ1v) is 12.4. The fraction of sp³-hybridized carbons (Fsp3) is 0.400. The van der Waals surface area contributed by atoms with Gasteiger partial charge in [-0.1, -0.05) is 30.3 Å². The number of benzene rings is 3. The van der Waals surface area contributed by atoms with Crippen molar-refractivity contribution in [3.8, 4) is 11.5 Å². The Bertz CT molecular complexity index is 1230. The van der Waals surface area contributed by atoms with Crippen LogP contribution < -0.4 is 19.3 Å². The number of methoxy groups -OCH3 is 1. The van der Waals surface area contributed by atoms with Crippen molar-refractivity contribution in [1.82, 2.24) is 0 Å². The first kappa shape index (κ1) is 23.6. The molecule has 5 rings (SSSR count). The lowest BCUT2D eigenvalue weighted by Gasteiger charge is -2.40. The van der Waals surface area contributed by atoms with Gasteiger partial charge in [0, 0.05) is 43.1 Å². The zero-order valence-electron chi connectivity index (χ0n) is 21.7. The lowest BCUT2D eigenvalue weighted by molar-refractivity contribution is -0.0645. The van der Waals surface area contributed by atoms with Gasteiger partial charge in [-0.2, -0.15) is 0 Å². The van der Waals surface area contributed by atoms with Gasteiger partial charge in [0.15, 0.2) is 5.60 Å². The smallest absolute Gasteiger partial charge is 0.157 e. The van der Waals surface area contributed by atoms with E-state index in [0.717, 1.165) is 59.9 Å². The quantitative estimate of drug-likeness (QED) is 0.554. The molecule has 3 aromatic rings. The van der Waals surface area contributed by atoms with E-state index in [0.29, 0.717) is 0 Å². The van der Waals surface area contributed by atoms with Crippen LogP contribution in [-0.2, 0) is 5.60 Å². The molecule has 0 amide bonds. The number of rotatable bonds is 4. The maximum Gasteiger partial charge on any atom is 0.157 e. The van der Waals surface area contributed by atoms with E-state index in [2.05, 4.69) is 42.7 Å². The third kappa shape index (κ3) is 3.56. The van der Waals surface area contributed by atoms with E-state index in [1.807, 2.05) is 56.3 Å². The lowest BCUT2D eigenvalue weighted by atomic mass is 9.74. The van der Waals surface area contributed by atoms with Crippen LogP contribution in [0.1, 0.15) is 41.7 Å². The number of hydrogen-bond donors (Lipinski definition) is 1. The highest BCUT2D eigenvalue weighted by molar-refractivity contribution is 5.73. The maximum absolute atomic E-state index is 12.3. The number of anilines is 2. The second kappa shape index (κ2) is 8.49. The van der Waals surface area contributed by atoms with Gasteiger partial charge in [0.1, 0.15) is 17.1 Å². The van der Waals surface area contributed by atoms with Gasteiger partial charge >= 0.3 is 0 Å². The molecule has 1 atom stereocenters. The Morgan fingerprint density at radius 3 is 2.00 bits per heavy atom. The van der Waals surface area contributed by atoms with Gasteiger partial charge in [0.2, 0.25) is 0 Å². The highest BCUT2D eigenvalue weighted by Crippen LogP contribution is 2.56. The summed E-state index contributed by atoms with van der Waals surface area (Å²) in [7, 11) is 1.70. The van der Waals surface area contributed by atoms with Gasteiger partial charge < -0.3 is 24.4 Å². The minimum Gasteiger partial charge on any atom is -0.497 e. The van der Waals surface area contributed by atoms with E-state index in [4.69, 9.17) is 9.47 Å². The Kier molecular flexibility index (Phi) is 5.71. The van der Waals surface area contributed by atoms with E-state index in [1.165, 1.54) is 16.9 Å². The zero-order valence-corrected chi connectivity index (χ0v) is 21.7. The predicted molar refractivity (Wildman–Crippen MR) is 142 cm³/mol. The fourth-order valence-electron chi connectivity index (χ4n) is 5.93. The van der Waals surface area contributed by atoms with Gasteiger partial charge in [-0.25, -0.2) is 0 Å². The van der Waals surface area contributed by atoms with Gasteiger partial charge in [0.05, 0.1) is 7.11 Å². The summed E-state index contributed by atoms with van der Waals surface area (Å²) in [6, 6.07) is 18.3. The van der Waals surface area contributed by atoms with Crippen molar-refractivity contribution in [1.29, 1.82) is 0 Å². The number of nitrogens with zero attached hydrogens (tertiary/aromatic N) is 2. The van der Waals surface area contributed by atoms with E-state index in [-0.39, 0.29) is 0 Å². The van der Waals surface area contributed by atoms with E-state index >= 15 is 0 Å². The summed E-state index contributed by atoms with van der Waals surface area (Å²) < 4.78 is 11.8. The zero-order chi connectivity index (χ0) is 25.0. The van der Waals surface area contributed by atoms with Crippen molar-refractivity contribution in [3.05, 3.63) is 82.4 Å². The standard InChI is InChI=1S/C30H36N2O3/c1-20-21(2)28-26(30(33,29(4,5)35-28)23-10-8-7-9-11-23)22(3)27(20)32-18-16-31(17-19-32)24-12-14-25(34-6)15-13-24/h7-15,33H,16-19H2,1-6H3. The summed E-state index contributed by atoms with van der Waals surface area (Å²) in [4.78, 5) is 4.90. The van der Waals surface area contributed by atoms with Crippen molar-refractivity contribution < 1.29 is 14.6 Å². The van der Waals surface area contributed by atoms with Crippen LogP contribution >= 0.6 is 0 Å². The molecule has 2 aliphatic rings. The summed E-state index contributed by atoms with van der Waals surface area (Å²) in [6.07, 6.45) is 0. The first-order valence-electron chi connectivity index (χ1n) is 12.4. The molecule has 2 aliphatic heterocycles. The van der Waals surface area contributed by atoms with Crippen LogP contribution in [0.2, 0.25) is 0 Å². The van der Waals surface area contributed by atoms with Crippen molar-refractivity contribution >= 4 is 11.4 Å². The van der Waals surface area contributed by atoms with Gasteiger partial charge in [-0.3, -0.25) is 0 Å². The Morgan fingerprint density at radius 2 is 1.40 bits per heavy atom. The third-order valence-electron chi connectivity index (χ3n) is 8.03.